The monoisotopic (exact) mass is 304 g/mol. The van der Waals surface area contributed by atoms with Crippen LogP contribution in [0.5, 0.6) is 0 Å². The summed E-state index contributed by atoms with van der Waals surface area (Å²) in [7, 11) is 0. The molecule has 0 aliphatic carbocycles. The van der Waals surface area contributed by atoms with Gasteiger partial charge in [0.25, 0.3) is 0 Å². The summed E-state index contributed by atoms with van der Waals surface area (Å²) in [5.41, 5.74) is 5.18. The Morgan fingerprint density at radius 2 is 2.00 bits per heavy atom. The Balaban J connectivity index is 3.39. The van der Waals surface area contributed by atoms with Crippen LogP contribution in [0.3, 0.4) is 0 Å². The van der Waals surface area contributed by atoms with Crippen LogP contribution < -0.4 is 5.73 Å². The summed E-state index contributed by atoms with van der Waals surface area (Å²) < 4.78 is 37.8. The average molecular weight is 305 g/mol. The van der Waals surface area contributed by atoms with Crippen molar-refractivity contribution in [3.8, 4) is 6.07 Å². The van der Waals surface area contributed by atoms with Crippen LogP contribution in [-0.4, -0.2) is 0 Å². The molecule has 90 valence electrons. The van der Waals surface area contributed by atoms with Crippen molar-refractivity contribution in [2.45, 2.75) is 13.1 Å². The van der Waals surface area contributed by atoms with E-state index in [9.17, 15) is 13.2 Å². The van der Waals surface area contributed by atoms with Crippen LogP contribution in [0.15, 0.2) is 28.2 Å². The maximum Gasteiger partial charge on any atom is 0.417 e. The second-order valence-electron chi connectivity index (χ2n) is 3.34. The summed E-state index contributed by atoms with van der Waals surface area (Å²) >= 11 is 2.83. The van der Waals surface area contributed by atoms with E-state index in [4.69, 9.17) is 11.0 Å². The average Bonchev–Trinajstić information content (AvgIpc) is 2.26. The number of alkyl halides is 3. The summed E-state index contributed by atoms with van der Waals surface area (Å²) in [6.07, 6.45) is -4.46. The first-order chi connectivity index (χ1) is 7.77. The highest BCUT2D eigenvalue weighted by Gasteiger charge is 2.33. The van der Waals surface area contributed by atoms with Crippen molar-refractivity contribution in [3.63, 3.8) is 0 Å². The molecule has 0 unspecified atom stereocenters. The molecule has 0 heterocycles. The Morgan fingerprint density at radius 3 is 2.47 bits per heavy atom. The van der Waals surface area contributed by atoms with Crippen LogP contribution in [-0.2, 0) is 6.18 Å². The van der Waals surface area contributed by atoms with Gasteiger partial charge in [0.2, 0.25) is 0 Å². The highest BCUT2D eigenvalue weighted by molar-refractivity contribution is 9.10. The van der Waals surface area contributed by atoms with E-state index in [0.717, 1.165) is 6.07 Å². The van der Waals surface area contributed by atoms with Crippen molar-refractivity contribution in [3.05, 3.63) is 39.4 Å². The van der Waals surface area contributed by atoms with Crippen molar-refractivity contribution in [1.29, 1.82) is 5.26 Å². The smallest absolute Gasteiger partial charge is 0.397 e. The molecule has 2 N–H and O–H groups in total. The number of rotatable bonds is 1. The molecule has 1 rings (SSSR count). The van der Waals surface area contributed by atoms with E-state index in [0.29, 0.717) is 0 Å². The molecule has 0 amide bonds. The summed E-state index contributed by atoms with van der Waals surface area (Å²) in [6, 6.07) is 5.40. The number of benzene rings is 1. The zero-order valence-electron chi connectivity index (χ0n) is 8.77. The number of hydrogen-bond acceptors (Lipinski definition) is 2. The molecule has 0 bridgehead atoms. The molecule has 1 aromatic rings. The lowest BCUT2D eigenvalue weighted by atomic mass is 10.1. The van der Waals surface area contributed by atoms with Gasteiger partial charge in [-0.25, -0.2) is 0 Å². The lowest BCUT2D eigenvalue weighted by Gasteiger charge is -2.11. The predicted molar refractivity (Wildman–Crippen MR) is 61.5 cm³/mol. The molecule has 0 aromatic heterocycles. The highest BCUT2D eigenvalue weighted by atomic mass is 79.9. The molecule has 1 aromatic carbocycles. The SMILES string of the molecule is C/C(C#N)=C(/N)c1ccc(Br)c(C(F)(F)F)c1. The summed E-state index contributed by atoms with van der Waals surface area (Å²) in [4.78, 5) is 0. The van der Waals surface area contributed by atoms with Gasteiger partial charge in [-0.15, -0.1) is 0 Å². The Kier molecular flexibility index (Phi) is 3.83. The van der Waals surface area contributed by atoms with Gasteiger partial charge in [-0.05, 0) is 24.6 Å². The lowest BCUT2D eigenvalue weighted by molar-refractivity contribution is -0.138. The number of hydrogen-bond donors (Lipinski definition) is 1. The van der Waals surface area contributed by atoms with Crippen LogP contribution >= 0.6 is 15.9 Å². The normalized spacial score (nSPS) is 12.9. The maximum atomic E-state index is 12.6. The van der Waals surface area contributed by atoms with Crippen LogP contribution in [0.1, 0.15) is 18.1 Å². The Morgan fingerprint density at radius 1 is 1.41 bits per heavy atom. The molecule has 0 saturated heterocycles. The van der Waals surface area contributed by atoms with E-state index in [1.165, 1.54) is 19.1 Å². The van der Waals surface area contributed by atoms with Crippen molar-refractivity contribution >= 4 is 21.6 Å². The quantitative estimate of drug-likeness (QED) is 0.805. The number of nitrogens with two attached hydrogens (primary N) is 1. The first-order valence-corrected chi connectivity index (χ1v) is 5.30. The second-order valence-corrected chi connectivity index (χ2v) is 4.20. The third-order valence-corrected chi connectivity index (χ3v) is 2.85. The van der Waals surface area contributed by atoms with Gasteiger partial charge in [0.05, 0.1) is 17.3 Å². The van der Waals surface area contributed by atoms with E-state index in [2.05, 4.69) is 15.9 Å². The van der Waals surface area contributed by atoms with Crippen molar-refractivity contribution in [2.75, 3.05) is 0 Å². The van der Waals surface area contributed by atoms with Crippen LogP contribution in [0.25, 0.3) is 5.70 Å². The van der Waals surface area contributed by atoms with E-state index >= 15 is 0 Å². The van der Waals surface area contributed by atoms with Gasteiger partial charge in [0, 0.05) is 10.0 Å². The molecule has 17 heavy (non-hydrogen) atoms. The van der Waals surface area contributed by atoms with Crippen LogP contribution in [0.2, 0.25) is 0 Å². The molecule has 0 spiro atoms. The number of allylic oxidation sites excluding steroid dienone is 1. The van der Waals surface area contributed by atoms with E-state index < -0.39 is 11.7 Å². The zero-order chi connectivity index (χ0) is 13.2. The lowest BCUT2D eigenvalue weighted by Crippen LogP contribution is -2.08. The van der Waals surface area contributed by atoms with E-state index in [1.807, 2.05) is 0 Å². The third kappa shape index (κ3) is 3.01. The van der Waals surface area contributed by atoms with Crippen molar-refractivity contribution in [1.82, 2.24) is 0 Å². The maximum absolute atomic E-state index is 12.6. The first kappa shape index (κ1) is 13.6. The van der Waals surface area contributed by atoms with Gasteiger partial charge in [0.15, 0.2) is 0 Å². The van der Waals surface area contributed by atoms with Gasteiger partial charge >= 0.3 is 6.18 Å². The largest absolute Gasteiger partial charge is 0.417 e. The summed E-state index contributed by atoms with van der Waals surface area (Å²) in [6.45, 7) is 1.45. The van der Waals surface area contributed by atoms with Crippen LogP contribution in [0.4, 0.5) is 13.2 Å². The molecular weight excluding hydrogens is 297 g/mol. The molecule has 0 atom stereocenters. The number of nitrogens with zero attached hydrogens (tertiary/aromatic N) is 1. The zero-order valence-corrected chi connectivity index (χ0v) is 10.4. The highest BCUT2D eigenvalue weighted by Crippen LogP contribution is 2.36. The minimum atomic E-state index is -4.46. The summed E-state index contributed by atoms with van der Waals surface area (Å²) in [5, 5.41) is 8.63. The fourth-order valence-corrected chi connectivity index (χ4v) is 1.66. The molecular formula is C11H8BrF3N2. The van der Waals surface area contributed by atoms with Gasteiger partial charge in [0.1, 0.15) is 0 Å². The fourth-order valence-electron chi connectivity index (χ4n) is 1.19. The second kappa shape index (κ2) is 4.80. The number of halogens is 4. The summed E-state index contributed by atoms with van der Waals surface area (Å²) in [5.74, 6) is 0. The van der Waals surface area contributed by atoms with Crippen molar-refractivity contribution in [2.24, 2.45) is 5.73 Å². The topological polar surface area (TPSA) is 49.8 Å². The van der Waals surface area contributed by atoms with Gasteiger partial charge < -0.3 is 5.73 Å². The fraction of sp³-hybridized carbons (Fsp3) is 0.182. The van der Waals surface area contributed by atoms with E-state index in [-0.39, 0.29) is 21.3 Å². The molecule has 0 radical (unpaired) electrons. The predicted octanol–water partition coefficient (Wildman–Crippen LogP) is 3.68. The molecule has 0 aliphatic rings. The molecule has 0 aliphatic heterocycles. The Labute approximate surface area is 105 Å². The van der Waals surface area contributed by atoms with Gasteiger partial charge in [-0.3, -0.25) is 0 Å². The minimum Gasteiger partial charge on any atom is -0.397 e. The Bertz CT molecular complexity index is 512. The molecule has 0 saturated carbocycles. The Hall–Kier alpha value is -1.48. The third-order valence-electron chi connectivity index (χ3n) is 2.15. The standard InChI is InChI=1S/C11H8BrF3N2/c1-6(5-16)10(17)7-2-3-9(12)8(4-7)11(13,14)15/h2-4H,17H2,1H3/b10-6-. The molecule has 6 heteroatoms. The number of nitriles is 1. The van der Waals surface area contributed by atoms with E-state index in [1.54, 1.807) is 6.07 Å². The first-order valence-electron chi connectivity index (χ1n) is 4.51. The van der Waals surface area contributed by atoms with Crippen molar-refractivity contribution < 1.29 is 13.2 Å². The molecule has 0 fully saturated rings. The van der Waals surface area contributed by atoms with Gasteiger partial charge in [-0.1, -0.05) is 22.0 Å². The van der Waals surface area contributed by atoms with Gasteiger partial charge in [-0.2, -0.15) is 18.4 Å². The molecule has 2 nitrogen and oxygen atoms in total. The van der Waals surface area contributed by atoms with Crippen LogP contribution in [0, 0.1) is 11.3 Å². The minimum absolute atomic E-state index is 0.0468.